The maximum atomic E-state index is 11.5. The number of sulfonamides is 1. The molecule has 1 rings (SSSR count). The van der Waals surface area contributed by atoms with E-state index in [1.165, 1.54) is 24.3 Å². The van der Waals surface area contributed by atoms with Crippen molar-refractivity contribution >= 4 is 28.8 Å². The first-order chi connectivity index (χ1) is 8.21. The Bertz CT molecular complexity index is 526. The molecule has 0 saturated heterocycles. The number of carbonyl (C=O) groups is 1. The van der Waals surface area contributed by atoms with Gasteiger partial charge in [-0.2, -0.15) is 0 Å². The van der Waals surface area contributed by atoms with E-state index in [1.807, 2.05) is 0 Å². The van der Waals surface area contributed by atoms with Crippen LogP contribution >= 0.6 is 0 Å². The van der Waals surface area contributed by atoms with Gasteiger partial charge in [-0.25, -0.2) is 13.2 Å². The summed E-state index contributed by atoms with van der Waals surface area (Å²) in [5, 5.41) is 26.4. The second-order valence-corrected chi connectivity index (χ2v) is 5.53. The van der Waals surface area contributed by atoms with Crippen molar-refractivity contribution in [1.82, 2.24) is 0 Å². The molecule has 7 nitrogen and oxygen atoms in total. The van der Waals surface area contributed by atoms with Crippen molar-refractivity contribution in [2.24, 2.45) is 0 Å². The van der Waals surface area contributed by atoms with E-state index in [1.54, 1.807) is 0 Å². The number of anilines is 1. The normalized spacial score (nSPS) is 11.1. The maximum absolute atomic E-state index is 11.5. The van der Waals surface area contributed by atoms with Gasteiger partial charge in [-0.3, -0.25) is 4.31 Å². The first kappa shape index (κ1) is 14.5. The summed E-state index contributed by atoms with van der Waals surface area (Å²) in [6.07, 6.45) is 0.395. The number of carboxylic acid groups (broad SMARTS) is 1. The first-order valence-electron chi connectivity index (χ1n) is 4.89. The van der Waals surface area contributed by atoms with E-state index in [0.29, 0.717) is 0 Å². The molecule has 98 valence electrons. The van der Waals surface area contributed by atoms with Gasteiger partial charge in [-0.15, -0.1) is 0 Å². The van der Waals surface area contributed by atoms with Gasteiger partial charge in [0.25, 0.3) is 0 Å². The van der Waals surface area contributed by atoms with Crippen LogP contribution in [0, 0.1) is 0 Å². The highest BCUT2D eigenvalue weighted by atomic mass is 32.2. The summed E-state index contributed by atoms with van der Waals surface area (Å²) >= 11 is 0. The van der Waals surface area contributed by atoms with Gasteiger partial charge in [-0.05, 0) is 24.3 Å². The smallest absolute Gasteiger partial charge is 0.473 e. The summed E-state index contributed by atoms with van der Waals surface area (Å²) in [7, 11) is -5.50. The summed E-state index contributed by atoms with van der Waals surface area (Å²) in [5.74, 6) is -1.13. The van der Waals surface area contributed by atoms with Gasteiger partial charge in [0, 0.05) is 0 Å². The zero-order valence-corrected chi connectivity index (χ0v) is 10.3. The van der Waals surface area contributed by atoms with Gasteiger partial charge >= 0.3 is 13.1 Å². The largest absolute Gasteiger partial charge is 0.478 e. The van der Waals surface area contributed by atoms with Gasteiger partial charge in [0.15, 0.2) is 0 Å². The highest BCUT2D eigenvalue weighted by molar-refractivity contribution is 7.92. The molecule has 0 spiro atoms. The minimum absolute atomic E-state index is 0.0109. The van der Waals surface area contributed by atoms with E-state index in [2.05, 4.69) is 0 Å². The number of rotatable bonds is 5. The Kier molecular flexibility index (Phi) is 4.33. The first-order valence-corrected chi connectivity index (χ1v) is 6.74. The third-order valence-electron chi connectivity index (χ3n) is 2.13. The Morgan fingerprint density at radius 3 is 2.11 bits per heavy atom. The third kappa shape index (κ3) is 3.72. The Morgan fingerprint density at radius 1 is 1.28 bits per heavy atom. The molecule has 0 aliphatic carbocycles. The molecular formula is C9H12BNO6S. The van der Waals surface area contributed by atoms with E-state index in [9.17, 15) is 13.2 Å². The van der Waals surface area contributed by atoms with E-state index >= 15 is 0 Å². The molecule has 9 heteroatoms. The SMILES string of the molecule is CS(=O)(=O)N(CB(O)O)c1ccc(C(=O)O)cc1. The minimum Gasteiger partial charge on any atom is -0.478 e. The number of carboxylic acids is 1. The van der Waals surface area contributed by atoms with E-state index in [-0.39, 0.29) is 11.3 Å². The molecule has 1 aromatic rings. The fourth-order valence-corrected chi connectivity index (χ4v) is 2.26. The number of hydrogen-bond acceptors (Lipinski definition) is 5. The fraction of sp³-hybridized carbons (Fsp3) is 0.222. The van der Waals surface area contributed by atoms with Crippen LogP contribution in [0.2, 0.25) is 0 Å². The minimum atomic E-state index is -3.68. The molecule has 0 amide bonds. The Labute approximate surface area is 104 Å². The topological polar surface area (TPSA) is 115 Å². The van der Waals surface area contributed by atoms with Gasteiger partial charge in [-0.1, -0.05) is 0 Å². The zero-order chi connectivity index (χ0) is 13.9. The van der Waals surface area contributed by atoms with Crippen LogP contribution in [-0.4, -0.2) is 49.4 Å². The Morgan fingerprint density at radius 2 is 1.78 bits per heavy atom. The van der Waals surface area contributed by atoms with E-state index in [0.717, 1.165) is 10.6 Å². The predicted octanol–water partition coefficient (Wildman–Crippen LogP) is -0.837. The predicted molar refractivity (Wildman–Crippen MR) is 65.8 cm³/mol. The van der Waals surface area contributed by atoms with E-state index < -0.39 is 29.6 Å². The standard InChI is InChI=1S/C9H12BNO6S/c1-18(16,17)11(6-10(14)15)8-4-2-7(3-5-8)9(12)13/h2-5,14-15H,6H2,1H3,(H,12,13). The molecule has 0 radical (unpaired) electrons. The summed E-state index contributed by atoms with van der Waals surface area (Å²) in [6.45, 7) is 0. The summed E-state index contributed by atoms with van der Waals surface area (Å²) < 4.78 is 23.7. The molecule has 0 bridgehead atoms. The molecule has 1 aromatic carbocycles. The number of benzene rings is 1. The molecule has 18 heavy (non-hydrogen) atoms. The molecule has 0 aromatic heterocycles. The van der Waals surface area contributed by atoms with Crippen LogP contribution in [0.5, 0.6) is 0 Å². The van der Waals surface area contributed by atoms with Crippen LogP contribution in [0.3, 0.4) is 0 Å². The highest BCUT2D eigenvalue weighted by Crippen LogP contribution is 2.18. The van der Waals surface area contributed by atoms with Crippen molar-refractivity contribution in [2.45, 2.75) is 0 Å². The van der Waals surface area contributed by atoms with Crippen molar-refractivity contribution in [3.8, 4) is 0 Å². The number of aromatic carboxylic acids is 1. The van der Waals surface area contributed by atoms with Crippen molar-refractivity contribution in [1.29, 1.82) is 0 Å². The van der Waals surface area contributed by atoms with Crippen molar-refractivity contribution < 1.29 is 28.4 Å². The van der Waals surface area contributed by atoms with Gasteiger partial charge < -0.3 is 15.2 Å². The number of hydrogen-bond donors (Lipinski definition) is 3. The lowest BCUT2D eigenvalue weighted by molar-refractivity contribution is 0.0697. The summed E-state index contributed by atoms with van der Waals surface area (Å²) in [6, 6.07) is 5.04. The molecule has 0 heterocycles. The monoisotopic (exact) mass is 273 g/mol. The average Bonchev–Trinajstić information content (AvgIpc) is 2.24. The average molecular weight is 273 g/mol. The molecule has 0 fully saturated rings. The molecule has 0 aliphatic heterocycles. The highest BCUT2D eigenvalue weighted by Gasteiger charge is 2.23. The molecule has 0 saturated carbocycles. The van der Waals surface area contributed by atoms with Crippen LogP contribution in [0.25, 0.3) is 0 Å². The van der Waals surface area contributed by atoms with E-state index in [4.69, 9.17) is 15.2 Å². The van der Waals surface area contributed by atoms with Crippen molar-refractivity contribution in [2.75, 3.05) is 17.0 Å². The van der Waals surface area contributed by atoms with Gasteiger partial charge in [0.2, 0.25) is 10.0 Å². The van der Waals surface area contributed by atoms with Gasteiger partial charge in [0.1, 0.15) is 0 Å². The van der Waals surface area contributed by atoms with Crippen molar-refractivity contribution in [3.63, 3.8) is 0 Å². The fourth-order valence-electron chi connectivity index (χ4n) is 1.35. The van der Waals surface area contributed by atoms with Crippen LogP contribution in [-0.2, 0) is 10.0 Å². The van der Waals surface area contributed by atoms with Crippen LogP contribution in [0.15, 0.2) is 24.3 Å². The molecule has 0 aliphatic rings. The lowest BCUT2D eigenvalue weighted by Gasteiger charge is -2.21. The van der Waals surface area contributed by atoms with Crippen LogP contribution in [0.4, 0.5) is 5.69 Å². The third-order valence-corrected chi connectivity index (χ3v) is 3.29. The second kappa shape index (κ2) is 5.38. The van der Waals surface area contributed by atoms with Crippen LogP contribution in [0.1, 0.15) is 10.4 Å². The molecule has 0 unspecified atom stereocenters. The Hall–Kier alpha value is -1.58. The Balaban J connectivity index is 3.10. The zero-order valence-electron chi connectivity index (χ0n) is 9.52. The maximum Gasteiger partial charge on any atom is 0.473 e. The van der Waals surface area contributed by atoms with Gasteiger partial charge in [0.05, 0.1) is 24.0 Å². The molecular weight excluding hydrogens is 261 g/mol. The summed E-state index contributed by atoms with van der Waals surface area (Å²) in [5.41, 5.74) is 0.173. The molecule has 3 N–H and O–H groups in total. The lowest BCUT2D eigenvalue weighted by atomic mass is 9.92. The number of nitrogens with zero attached hydrogens (tertiary/aromatic N) is 1. The van der Waals surface area contributed by atoms with Crippen molar-refractivity contribution in [3.05, 3.63) is 29.8 Å². The summed E-state index contributed by atoms with van der Waals surface area (Å²) in [4.78, 5) is 10.6. The lowest BCUT2D eigenvalue weighted by Crippen LogP contribution is -2.39. The second-order valence-electron chi connectivity index (χ2n) is 3.63. The molecule has 0 atom stereocenters. The van der Waals surface area contributed by atoms with Crippen LogP contribution < -0.4 is 4.31 Å². The quantitative estimate of drug-likeness (QED) is 0.603.